The molecule has 1 aliphatic rings. The van der Waals surface area contributed by atoms with E-state index in [-0.39, 0.29) is 16.0 Å². The summed E-state index contributed by atoms with van der Waals surface area (Å²) in [5, 5.41) is 11.5. The molecule has 1 aromatic heterocycles. The molecule has 0 spiro atoms. The van der Waals surface area contributed by atoms with Crippen LogP contribution in [-0.2, 0) is 5.41 Å². The lowest BCUT2D eigenvalue weighted by atomic mass is 9.84. The Morgan fingerprint density at radius 1 is 1.12 bits per heavy atom. The molecule has 0 N–H and O–H groups in total. The van der Waals surface area contributed by atoms with Crippen molar-refractivity contribution in [1.29, 1.82) is 0 Å². The predicted molar refractivity (Wildman–Crippen MR) is 140 cm³/mol. The SMILES string of the molecule is Cc1ccc([P@](/C=C2\N(C)c3ccccc3C2(C)C)(=Nc2cc([N+](=O)[O-])ccc2C)N(C)C)o1. The lowest BCUT2D eigenvalue weighted by Gasteiger charge is -2.31. The van der Waals surface area contributed by atoms with Gasteiger partial charge in [-0.3, -0.25) is 14.8 Å². The molecule has 0 fully saturated rings. The van der Waals surface area contributed by atoms with Gasteiger partial charge in [0.25, 0.3) is 5.69 Å². The molecule has 0 amide bonds. The van der Waals surface area contributed by atoms with Crippen LogP contribution < -0.4 is 10.4 Å². The minimum Gasteiger partial charge on any atom is -0.459 e. The van der Waals surface area contributed by atoms with Crippen LogP contribution in [0.4, 0.5) is 17.1 Å². The molecule has 0 aliphatic carbocycles. The number of allylic oxidation sites excluding steroid dienone is 1. The third-order valence-corrected chi connectivity index (χ3v) is 9.80. The second-order valence-corrected chi connectivity index (χ2v) is 12.4. The highest BCUT2D eigenvalue weighted by Crippen LogP contribution is 2.59. The fourth-order valence-electron chi connectivity index (χ4n) is 4.53. The van der Waals surface area contributed by atoms with Crippen molar-refractivity contribution in [2.45, 2.75) is 33.1 Å². The van der Waals surface area contributed by atoms with Gasteiger partial charge in [0.05, 0.1) is 10.6 Å². The molecule has 8 heteroatoms. The number of furan rings is 1. The van der Waals surface area contributed by atoms with E-state index in [0.717, 1.165) is 28.2 Å². The summed E-state index contributed by atoms with van der Waals surface area (Å²) in [6, 6.07) is 17.2. The molecular formula is C26H31N4O3P. The highest BCUT2D eigenvalue weighted by Gasteiger charge is 2.41. The first-order chi connectivity index (χ1) is 16.0. The van der Waals surface area contributed by atoms with E-state index in [0.29, 0.717) is 5.69 Å². The van der Waals surface area contributed by atoms with Gasteiger partial charge in [0.1, 0.15) is 13.0 Å². The Morgan fingerprint density at radius 2 is 1.82 bits per heavy atom. The average Bonchev–Trinajstić information content (AvgIpc) is 3.30. The molecule has 2 heterocycles. The Balaban J connectivity index is 2.06. The third-order valence-electron chi connectivity index (χ3n) is 6.57. The topological polar surface area (TPSA) is 75.1 Å². The Labute approximate surface area is 201 Å². The third kappa shape index (κ3) is 3.89. The lowest BCUT2D eigenvalue weighted by molar-refractivity contribution is -0.384. The van der Waals surface area contributed by atoms with E-state index in [9.17, 15) is 10.1 Å². The van der Waals surface area contributed by atoms with Crippen molar-refractivity contribution in [3.63, 3.8) is 0 Å². The summed E-state index contributed by atoms with van der Waals surface area (Å²) in [4.78, 5) is 13.3. The maximum absolute atomic E-state index is 11.5. The van der Waals surface area contributed by atoms with Crippen molar-refractivity contribution >= 4 is 29.8 Å². The maximum Gasteiger partial charge on any atom is 0.271 e. The second kappa shape index (κ2) is 8.57. The minimum absolute atomic E-state index is 0.0233. The molecule has 0 bridgehead atoms. The van der Waals surface area contributed by atoms with Gasteiger partial charge in [-0.15, -0.1) is 0 Å². The first-order valence-corrected chi connectivity index (χ1v) is 12.9. The normalized spacial score (nSPS) is 17.6. The molecule has 7 nitrogen and oxygen atoms in total. The zero-order chi connectivity index (χ0) is 24.8. The van der Waals surface area contributed by atoms with E-state index in [4.69, 9.17) is 9.16 Å². The highest BCUT2D eigenvalue weighted by molar-refractivity contribution is 7.74. The van der Waals surface area contributed by atoms with Crippen LogP contribution in [0.5, 0.6) is 0 Å². The smallest absolute Gasteiger partial charge is 0.271 e. The van der Waals surface area contributed by atoms with Gasteiger partial charge in [0.2, 0.25) is 0 Å². The number of aryl methyl sites for hydroxylation is 2. The number of para-hydroxylation sites is 1. The van der Waals surface area contributed by atoms with E-state index in [1.807, 2.05) is 40.1 Å². The molecule has 0 saturated heterocycles. The van der Waals surface area contributed by atoms with Crippen LogP contribution in [0.1, 0.15) is 30.7 Å². The van der Waals surface area contributed by atoms with Crippen LogP contribution in [0.2, 0.25) is 0 Å². The summed E-state index contributed by atoms with van der Waals surface area (Å²) in [5.74, 6) is 3.04. The van der Waals surface area contributed by atoms with Crippen LogP contribution in [-0.4, -0.2) is 30.7 Å². The van der Waals surface area contributed by atoms with Crippen molar-refractivity contribution in [2.75, 3.05) is 26.0 Å². The molecule has 0 saturated carbocycles. The number of nitrogens with zero attached hydrogens (tertiary/aromatic N) is 4. The highest BCUT2D eigenvalue weighted by atomic mass is 31.2. The molecule has 3 aromatic rings. The summed E-state index contributed by atoms with van der Waals surface area (Å²) in [6.45, 7) is 8.28. The Bertz CT molecular complexity index is 1350. The first kappa shape index (κ1) is 24.0. The molecule has 0 radical (unpaired) electrons. The molecule has 178 valence electrons. The van der Waals surface area contributed by atoms with Crippen molar-refractivity contribution in [1.82, 2.24) is 4.67 Å². The van der Waals surface area contributed by atoms with Gasteiger partial charge < -0.3 is 9.32 Å². The largest absolute Gasteiger partial charge is 0.459 e. The maximum atomic E-state index is 11.5. The molecule has 34 heavy (non-hydrogen) atoms. The van der Waals surface area contributed by atoms with Crippen molar-refractivity contribution in [2.24, 2.45) is 4.74 Å². The van der Waals surface area contributed by atoms with Crippen molar-refractivity contribution < 1.29 is 9.34 Å². The van der Waals surface area contributed by atoms with E-state index in [1.165, 1.54) is 11.6 Å². The average molecular weight is 479 g/mol. The van der Waals surface area contributed by atoms with Gasteiger partial charge in [0, 0.05) is 36.0 Å². The lowest BCUT2D eigenvalue weighted by Crippen LogP contribution is -2.25. The van der Waals surface area contributed by atoms with Gasteiger partial charge in [-0.1, -0.05) is 38.1 Å². The summed E-state index contributed by atoms with van der Waals surface area (Å²) in [7, 11) is 3.44. The fraction of sp³-hybridized carbons (Fsp3) is 0.308. The predicted octanol–water partition coefficient (Wildman–Crippen LogP) is 6.71. The number of anilines is 1. The summed E-state index contributed by atoms with van der Waals surface area (Å²) < 4.78 is 13.6. The van der Waals surface area contributed by atoms with Crippen molar-refractivity contribution in [3.05, 3.63) is 93.1 Å². The molecular weight excluding hydrogens is 447 g/mol. The van der Waals surface area contributed by atoms with E-state index < -0.39 is 7.21 Å². The number of nitro benzene ring substituents is 1. The second-order valence-electron chi connectivity index (χ2n) is 9.42. The van der Waals surface area contributed by atoms with E-state index >= 15 is 0 Å². The minimum atomic E-state index is -2.63. The van der Waals surface area contributed by atoms with E-state index in [1.54, 1.807) is 12.1 Å². The number of hydrogen-bond acceptors (Lipinski definition) is 5. The Morgan fingerprint density at radius 3 is 2.41 bits per heavy atom. The first-order valence-electron chi connectivity index (χ1n) is 11.2. The van der Waals surface area contributed by atoms with E-state index in [2.05, 4.69) is 60.5 Å². The van der Waals surface area contributed by atoms with Crippen molar-refractivity contribution in [3.8, 4) is 0 Å². The zero-order valence-electron chi connectivity index (χ0n) is 20.7. The number of nitro groups is 1. The number of non-ortho nitro benzene ring substituents is 1. The van der Waals surface area contributed by atoms with Gasteiger partial charge in [-0.25, -0.2) is 4.74 Å². The van der Waals surface area contributed by atoms with Crippen LogP contribution >= 0.6 is 7.21 Å². The van der Waals surface area contributed by atoms with Crippen LogP contribution in [0.25, 0.3) is 0 Å². The molecule has 2 aromatic carbocycles. The molecule has 0 unspecified atom stereocenters. The number of hydrogen-bond donors (Lipinski definition) is 0. The molecule has 1 atom stereocenters. The quantitative estimate of drug-likeness (QED) is 0.231. The zero-order valence-corrected chi connectivity index (χ0v) is 21.6. The van der Waals surface area contributed by atoms with Gasteiger partial charge >= 0.3 is 0 Å². The van der Waals surface area contributed by atoms with Crippen LogP contribution in [0, 0.1) is 24.0 Å². The van der Waals surface area contributed by atoms with Gasteiger partial charge in [-0.2, -0.15) is 0 Å². The van der Waals surface area contributed by atoms with Gasteiger partial charge in [-0.05, 0) is 63.1 Å². The summed E-state index contributed by atoms with van der Waals surface area (Å²) in [5.41, 5.74) is 5.54. The Hall–Kier alpha value is -3.15. The fourth-order valence-corrected chi connectivity index (χ4v) is 7.57. The summed E-state index contributed by atoms with van der Waals surface area (Å²) >= 11 is 0. The van der Waals surface area contributed by atoms with Gasteiger partial charge in [0.15, 0.2) is 5.50 Å². The van der Waals surface area contributed by atoms with Crippen LogP contribution in [0.3, 0.4) is 0 Å². The molecule has 1 aliphatic heterocycles. The molecule has 4 rings (SSSR count). The van der Waals surface area contributed by atoms with Crippen LogP contribution in [0.15, 0.2) is 75.3 Å². The summed E-state index contributed by atoms with van der Waals surface area (Å²) in [6.07, 6.45) is 0. The number of fused-ring (bicyclic) bond motifs is 1. The standard InChI is InChI=1S/C26H31N4O3P/c1-18-12-14-20(30(31)32)16-22(18)27-34(28(5)6,25-15-13-19(2)33-25)17-24-26(3,4)21-10-8-9-11-23(21)29(24)7/h8-17H,1-7H3/b24-17-/t34-/m1/s1. The number of rotatable bonds is 5. The Kier molecular flexibility index (Phi) is 6.05. The number of benzene rings is 2. The monoisotopic (exact) mass is 478 g/mol. The number of likely N-dealkylation sites (N-methyl/N-ethyl adjacent to an activating group) is 1.